The summed E-state index contributed by atoms with van der Waals surface area (Å²) < 4.78 is 6.51. The van der Waals surface area contributed by atoms with E-state index in [-0.39, 0.29) is 16.3 Å². The van der Waals surface area contributed by atoms with Gasteiger partial charge in [-0.25, -0.2) is 0 Å². The van der Waals surface area contributed by atoms with Crippen LogP contribution in [0.1, 0.15) is 26.7 Å². The van der Waals surface area contributed by atoms with E-state index in [1.165, 1.54) is 12.3 Å². The van der Waals surface area contributed by atoms with E-state index in [4.69, 9.17) is 4.74 Å². The minimum Gasteiger partial charge on any atom is -0.381 e. The average Bonchev–Trinajstić information content (AvgIpc) is 2.48. The van der Waals surface area contributed by atoms with Crippen LogP contribution in [0.25, 0.3) is 0 Å². The molecule has 0 spiro atoms. The average molecular weight is 375 g/mol. The lowest BCUT2D eigenvalue weighted by molar-refractivity contribution is -0.912. The summed E-state index contributed by atoms with van der Waals surface area (Å²) in [7, 11) is 0. The van der Waals surface area contributed by atoms with Crippen LogP contribution in [0, 0.1) is 16.0 Å². The van der Waals surface area contributed by atoms with Gasteiger partial charge in [-0.15, -0.1) is 0 Å². The van der Waals surface area contributed by atoms with Crippen molar-refractivity contribution in [3.05, 3.63) is 27.0 Å². The summed E-state index contributed by atoms with van der Waals surface area (Å²) in [4.78, 5) is 13.0. The van der Waals surface area contributed by atoms with Crippen LogP contribution in [0.2, 0.25) is 0 Å². The summed E-state index contributed by atoms with van der Waals surface area (Å²) in [6, 6.07) is 1.51. The van der Waals surface area contributed by atoms with Gasteiger partial charge in [-0.05, 0) is 18.8 Å². The van der Waals surface area contributed by atoms with E-state index in [1.807, 2.05) is 4.90 Å². The largest absolute Gasteiger partial charge is 0.381 e. The Morgan fingerprint density at radius 3 is 2.73 bits per heavy atom. The molecule has 1 aliphatic rings. The van der Waals surface area contributed by atoms with E-state index in [9.17, 15) is 15.3 Å². The summed E-state index contributed by atoms with van der Waals surface area (Å²) in [5, 5.41) is 21.3. The zero-order valence-electron chi connectivity index (χ0n) is 12.7. The quantitative estimate of drug-likeness (QED) is 0.281. The molecule has 8 heteroatoms. The van der Waals surface area contributed by atoms with Gasteiger partial charge >= 0.3 is 10.3 Å². The highest BCUT2D eigenvalue weighted by molar-refractivity contribution is 9.10. The molecule has 7 nitrogen and oxygen atoms in total. The predicted octanol–water partition coefficient (Wildman–Crippen LogP) is 2.52. The molecule has 2 heterocycles. The monoisotopic (exact) mass is 374 g/mol. The maximum Gasteiger partial charge on any atom is 0.306 e. The van der Waals surface area contributed by atoms with Crippen LogP contribution in [0.5, 0.6) is 0 Å². The molecular weight excluding hydrogens is 354 g/mol. The molecule has 0 unspecified atom stereocenters. The molecule has 122 valence electrons. The minimum absolute atomic E-state index is 0.00989. The Kier molecular flexibility index (Phi) is 5.57. The highest BCUT2D eigenvalue weighted by Gasteiger charge is 2.32. The van der Waals surface area contributed by atoms with Gasteiger partial charge in [0.2, 0.25) is 0 Å². The summed E-state index contributed by atoms with van der Waals surface area (Å²) in [6.45, 7) is 6.15. The highest BCUT2D eigenvalue weighted by Crippen LogP contribution is 2.32. The van der Waals surface area contributed by atoms with E-state index < -0.39 is 4.92 Å². The second-order valence-corrected chi connectivity index (χ2v) is 6.67. The Morgan fingerprint density at radius 1 is 1.55 bits per heavy atom. The van der Waals surface area contributed by atoms with Crippen molar-refractivity contribution in [1.82, 2.24) is 0 Å². The Bertz CT molecular complexity index is 547. The van der Waals surface area contributed by atoms with Crippen LogP contribution >= 0.6 is 15.9 Å². The molecule has 0 bridgehead atoms. The fourth-order valence-electron chi connectivity index (χ4n) is 2.70. The van der Waals surface area contributed by atoms with Gasteiger partial charge in [0.15, 0.2) is 5.69 Å². The Hall–Kier alpha value is -1.41. The Balaban J connectivity index is 2.45. The summed E-state index contributed by atoms with van der Waals surface area (Å²) in [5.74, 6) is 0.346. The molecule has 1 saturated heterocycles. The molecular formula is C14H21BrN3O4+. The molecule has 22 heavy (non-hydrogen) atoms. The molecule has 0 saturated carbocycles. The molecule has 1 fully saturated rings. The molecule has 1 N–H and O–H groups in total. The van der Waals surface area contributed by atoms with Gasteiger partial charge in [0.1, 0.15) is 6.07 Å². The third kappa shape index (κ3) is 3.86. The number of nitrogens with zero attached hydrogens (tertiary/aromatic N) is 3. The summed E-state index contributed by atoms with van der Waals surface area (Å²) in [6.07, 6.45) is 3.05. The first-order valence-electron chi connectivity index (χ1n) is 7.33. The molecule has 1 aromatic heterocycles. The highest BCUT2D eigenvalue weighted by atomic mass is 79.9. The molecule has 1 aliphatic heterocycles. The smallest absolute Gasteiger partial charge is 0.306 e. The first-order chi connectivity index (χ1) is 10.4. The van der Waals surface area contributed by atoms with Crippen molar-refractivity contribution in [3.8, 4) is 0 Å². The molecule has 2 rings (SSSR count). The molecule has 0 radical (unpaired) electrons. The Labute approximate surface area is 137 Å². The minimum atomic E-state index is -0.410. The molecule has 0 atom stereocenters. The van der Waals surface area contributed by atoms with Gasteiger partial charge in [0.05, 0.1) is 4.92 Å². The van der Waals surface area contributed by atoms with Crippen molar-refractivity contribution in [2.24, 2.45) is 5.92 Å². The van der Waals surface area contributed by atoms with Gasteiger partial charge in [0.25, 0.3) is 6.20 Å². The SMILES string of the molecule is CC(C)CN(c1c[n+](O)c(Br)cc1[N+](=O)[O-])C1CCOCC1. The van der Waals surface area contributed by atoms with E-state index in [1.54, 1.807) is 0 Å². The second-order valence-electron chi connectivity index (χ2n) is 5.86. The first kappa shape index (κ1) is 17.0. The van der Waals surface area contributed by atoms with Crippen molar-refractivity contribution in [2.75, 3.05) is 24.7 Å². The van der Waals surface area contributed by atoms with Crippen LogP contribution in [0.15, 0.2) is 16.9 Å². The third-order valence-corrected chi connectivity index (χ3v) is 4.27. The fraction of sp³-hybridized carbons (Fsp3) is 0.643. The van der Waals surface area contributed by atoms with E-state index >= 15 is 0 Å². The van der Waals surface area contributed by atoms with Crippen molar-refractivity contribution in [3.63, 3.8) is 0 Å². The number of anilines is 1. The van der Waals surface area contributed by atoms with E-state index in [0.29, 0.717) is 31.4 Å². The number of nitro groups is 1. The molecule has 0 amide bonds. The normalized spacial score (nSPS) is 16.0. The van der Waals surface area contributed by atoms with Crippen molar-refractivity contribution >= 4 is 27.3 Å². The number of ether oxygens (including phenoxy) is 1. The zero-order valence-corrected chi connectivity index (χ0v) is 14.3. The fourth-order valence-corrected chi connectivity index (χ4v) is 3.02. The number of hydrogen-bond acceptors (Lipinski definition) is 5. The van der Waals surface area contributed by atoms with Gasteiger partial charge < -0.3 is 9.64 Å². The van der Waals surface area contributed by atoms with Crippen LogP contribution < -0.4 is 9.63 Å². The van der Waals surface area contributed by atoms with E-state index in [0.717, 1.165) is 17.6 Å². The topological polar surface area (TPSA) is 79.7 Å². The number of pyridine rings is 1. The van der Waals surface area contributed by atoms with Crippen molar-refractivity contribution in [1.29, 1.82) is 0 Å². The third-order valence-electron chi connectivity index (χ3n) is 3.68. The van der Waals surface area contributed by atoms with Crippen molar-refractivity contribution < 1.29 is 19.6 Å². The number of hydrogen-bond donors (Lipinski definition) is 1. The predicted molar refractivity (Wildman–Crippen MR) is 84.2 cm³/mol. The summed E-state index contributed by atoms with van der Waals surface area (Å²) >= 11 is 3.11. The Morgan fingerprint density at radius 2 is 2.18 bits per heavy atom. The lowest BCUT2D eigenvalue weighted by atomic mass is 10.0. The second kappa shape index (κ2) is 7.23. The van der Waals surface area contributed by atoms with Crippen LogP contribution in [-0.4, -0.2) is 35.9 Å². The van der Waals surface area contributed by atoms with Crippen LogP contribution in [-0.2, 0) is 4.74 Å². The van der Waals surface area contributed by atoms with Gasteiger partial charge in [-0.1, -0.05) is 13.8 Å². The maximum atomic E-state index is 11.4. The number of halogens is 1. The van der Waals surface area contributed by atoms with Crippen molar-refractivity contribution in [2.45, 2.75) is 32.7 Å². The zero-order chi connectivity index (χ0) is 16.3. The van der Waals surface area contributed by atoms with Gasteiger partial charge in [-0.2, -0.15) is 0 Å². The van der Waals surface area contributed by atoms with Gasteiger partial charge in [0, 0.05) is 46.5 Å². The maximum absolute atomic E-state index is 11.4. The van der Waals surface area contributed by atoms with Crippen LogP contribution in [0.3, 0.4) is 0 Å². The van der Waals surface area contributed by atoms with Crippen LogP contribution in [0.4, 0.5) is 11.4 Å². The molecule has 0 aliphatic carbocycles. The number of aromatic nitrogens is 1. The first-order valence-corrected chi connectivity index (χ1v) is 8.12. The van der Waals surface area contributed by atoms with Gasteiger partial charge in [-0.3, -0.25) is 15.3 Å². The molecule has 1 aromatic rings. The van der Waals surface area contributed by atoms with E-state index in [2.05, 4.69) is 29.8 Å². The standard InChI is InChI=1S/C14H21BrN3O4/c1-10(2)8-16(11-3-5-22-6-4-11)13-9-17(19)14(15)7-12(13)18(20)21/h7,9-11,19H,3-6,8H2,1-2H3/q+1. The number of rotatable bonds is 5. The summed E-state index contributed by atoms with van der Waals surface area (Å²) in [5.41, 5.74) is 0.431. The lowest BCUT2D eigenvalue weighted by Crippen LogP contribution is -2.43. The lowest BCUT2D eigenvalue weighted by Gasteiger charge is -2.35. The molecule has 0 aromatic carbocycles.